The third-order valence-corrected chi connectivity index (χ3v) is 1.91. The summed E-state index contributed by atoms with van der Waals surface area (Å²) < 4.78 is 14.9. The molecular formula is C11H16N2O4. The average Bonchev–Trinajstić information content (AvgIpc) is 2.34. The van der Waals surface area contributed by atoms with E-state index in [0.717, 1.165) is 0 Å². The summed E-state index contributed by atoms with van der Waals surface area (Å²) in [5, 5.41) is 0. The van der Waals surface area contributed by atoms with Crippen LogP contribution in [0, 0.1) is 0 Å². The molecule has 0 aliphatic heterocycles. The second-order valence-corrected chi connectivity index (χ2v) is 3.21. The van der Waals surface area contributed by atoms with E-state index in [4.69, 9.17) is 19.9 Å². The number of pyridine rings is 1. The van der Waals surface area contributed by atoms with Crippen LogP contribution in [0.5, 0.6) is 0 Å². The Balaban J connectivity index is 2.19. The van der Waals surface area contributed by atoms with Gasteiger partial charge < -0.3 is 19.9 Å². The Morgan fingerprint density at radius 1 is 1.29 bits per heavy atom. The summed E-state index contributed by atoms with van der Waals surface area (Å²) >= 11 is 0. The summed E-state index contributed by atoms with van der Waals surface area (Å²) in [6.45, 7) is 1.55. The van der Waals surface area contributed by atoms with Gasteiger partial charge in [0.25, 0.3) is 0 Å². The number of nitrogen functional groups attached to an aromatic ring is 1. The molecule has 0 bridgehead atoms. The minimum absolute atomic E-state index is 0.201. The molecule has 6 nitrogen and oxygen atoms in total. The highest BCUT2D eigenvalue weighted by molar-refractivity contribution is 5.89. The zero-order chi connectivity index (χ0) is 12.5. The van der Waals surface area contributed by atoms with Gasteiger partial charge in [-0.25, -0.2) is 9.78 Å². The van der Waals surface area contributed by atoms with Gasteiger partial charge in [0, 0.05) is 13.3 Å². The van der Waals surface area contributed by atoms with E-state index in [1.807, 2.05) is 0 Å². The van der Waals surface area contributed by atoms with E-state index in [1.54, 1.807) is 19.2 Å². The first kappa shape index (κ1) is 13.4. The number of rotatable bonds is 7. The van der Waals surface area contributed by atoms with Crippen molar-refractivity contribution in [3.05, 3.63) is 23.9 Å². The fourth-order valence-corrected chi connectivity index (χ4v) is 1.05. The smallest absolute Gasteiger partial charge is 0.339 e. The fourth-order valence-electron chi connectivity index (χ4n) is 1.05. The first-order valence-corrected chi connectivity index (χ1v) is 5.19. The molecule has 1 aromatic heterocycles. The van der Waals surface area contributed by atoms with Crippen LogP contribution in [0.15, 0.2) is 18.3 Å². The number of carbonyl (C=O) groups excluding carboxylic acids is 1. The molecule has 0 saturated carbocycles. The van der Waals surface area contributed by atoms with Crippen molar-refractivity contribution in [2.24, 2.45) is 0 Å². The average molecular weight is 240 g/mol. The topological polar surface area (TPSA) is 83.7 Å². The Hall–Kier alpha value is -1.66. The summed E-state index contributed by atoms with van der Waals surface area (Å²) in [4.78, 5) is 15.3. The number of carbonyl (C=O) groups is 1. The molecule has 0 aromatic carbocycles. The molecule has 0 aliphatic carbocycles. The predicted octanol–water partition coefficient (Wildman–Crippen LogP) is 0.484. The Morgan fingerprint density at radius 3 is 2.71 bits per heavy atom. The minimum atomic E-state index is -0.437. The van der Waals surface area contributed by atoms with E-state index in [0.29, 0.717) is 31.2 Å². The fraction of sp³-hybridized carbons (Fsp3) is 0.455. The van der Waals surface area contributed by atoms with Crippen molar-refractivity contribution in [2.75, 3.05) is 39.3 Å². The molecule has 0 aliphatic rings. The highest BCUT2D eigenvalue weighted by Gasteiger charge is 2.06. The molecule has 0 atom stereocenters. The molecule has 2 N–H and O–H groups in total. The highest BCUT2D eigenvalue weighted by atomic mass is 16.6. The Bertz CT molecular complexity index is 340. The largest absolute Gasteiger partial charge is 0.460 e. The van der Waals surface area contributed by atoms with Crippen LogP contribution in [-0.2, 0) is 14.2 Å². The maximum Gasteiger partial charge on any atom is 0.339 e. The van der Waals surface area contributed by atoms with Crippen molar-refractivity contribution in [3.8, 4) is 0 Å². The SMILES string of the molecule is COCCOCCOC(=O)c1ccc(N)nc1. The van der Waals surface area contributed by atoms with Crippen LogP contribution in [0.3, 0.4) is 0 Å². The van der Waals surface area contributed by atoms with E-state index in [9.17, 15) is 4.79 Å². The summed E-state index contributed by atoms with van der Waals surface area (Å²) in [7, 11) is 1.59. The maximum absolute atomic E-state index is 11.5. The third kappa shape index (κ3) is 5.28. The van der Waals surface area contributed by atoms with Crippen molar-refractivity contribution in [1.29, 1.82) is 0 Å². The minimum Gasteiger partial charge on any atom is -0.460 e. The predicted molar refractivity (Wildman–Crippen MR) is 61.6 cm³/mol. The number of nitrogens with zero attached hydrogens (tertiary/aromatic N) is 1. The number of anilines is 1. The lowest BCUT2D eigenvalue weighted by molar-refractivity contribution is 0.0213. The zero-order valence-electron chi connectivity index (χ0n) is 9.72. The van der Waals surface area contributed by atoms with Crippen molar-refractivity contribution >= 4 is 11.8 Å². The molecule has 6 heteroatoms. The van der Waals surface area contributed by atoms with Crippen LogP contribution in [0.25, 0.3) is 0 Å². The van der Waals surface area contributed by atoms with Gasteiger partial charge in [0.1, 0.15) is 12.4 Å². The second-order valence-electron chi connectivity index (χ2n) is 3.21. The molecule has 1 aromatic rings. The van der Waals surface area contributed by atoms with Crippen molar-refractivity contribution in [1.82, 2.24) is 4.98 Å². The molecule has 0 saturated heterocycles. The molecular weight excluding hydrogens is 224 g/mol. The lowest BCUT2D eigenvalue weighted by atomic mass is 10.3. The van der Waals surface area contributed by atoms with Gasteiger partial charge in [-0.15, -0.1) is 0 Å². The normalized spacial score (nSPS) is 10.2. The Morgan fingerprint density at radius 2 is 2.06 bits per heavy atom. The van der Waals surface area contributed by atoms with Gasteiger partial charge in [0.15, 0.2) is 0 Å². The maximum atomic E-state index is 11.5. The molecule has 0 unspecified atom stereocenters. The number of hydrogen-bond acceptors (Lipinski definition) is 6. The van der Waals surface area contributed by atoms with Gasteiger partial charge in [0.2, 0.25) is 0 Å². The van der Waals surface area contributed by atoms with Gasteiger partial charge in [0.05, 0.1) is 25.4 Å². The summed E-state index contributed by atoms with van der Waals surface area (Å²) in [5.74, 6) is -0.0720. The molecule has 1 heterocycles. The molecule has 0 fully saturated rings. The Kier molecular flexibility index (Phi) is 5.98. The first-order chi connectivity index (χ1) is 8.24. The quantitative estimate of drug-likeness (QED) is 0.551. The van der Waals surface area contributed by atoms with Crippen LogP contribution in [-0.4, -0.2) is 44.5 Å². The molecule has 17 heavy (non-hydrogen) atoms. The van der Waals surface area contributed by atoms with Gasteiger partial charge in [-0.2, -0.15) is 0 Å². The van der Waals surface area contributed by atoms with E-state index in [2.05, 4.69) is 4.98 Å². The van der Waals surface area contributed by atoms with Gasteiger partial charge in [-0.1, -0.05) is 0 Å². The van der Waals surface area contributed by atoms with Gasteiger partial charge in [-0.3, -0.25) is 0 Å². The van der Waals surface area contributed by atoms with Crippen LogP contribution >= 0.6 is 0 Å². The number of ether oxygens (including phenoxy) is 3. The van der Waals surface area contributed by atoms with Gasteiger partial charge >= 0.3 is 5.97 Å². The van der Waals surface area contributed by atoms with Crippen LogP contribution in [0.4, 0.5) is 5.82 Å². The molecule has 0 spiro atoms. The van der Waals surface area contributed by atoms with Crippen LogP contribution < -0.4 is 5.73 Å². The third-order valence-electron chi connectivity index (χ3n) is 1.91. The summed E-state index contributed by atoms with van der Waals surface area (Å²) in [6, 6.07) is 3.11. The summed E-state index contributed by atoms with van der Waals surface area (Å²) in [6.07, 6.45) is 1.38. The lowest BCUT2D eigenvalue weighted by Gasteiger charge is -2.05. The number of aromatic nitrogens is 1. The number of hydrogen-bond donors (Lipinski definition) is 1. The number of esters is 1. The zero-order valence-corrected chi connectivity index (χ0v) is 9.72. The molecule has 1 rings (SSSR count). The summed E-state index contributed by atoms with van der Waals surface area (Å²) in [5.41, 5.74) is 5.77. The van der Waals surface area contributed by atoms with E-state index >= 15 is 0 Å². The number of methoxy groups -OCH3 is 1. The van der Waals surface area contributed by atoms with E-state index in [-0.39, 0.29) is 6.61 Å². The molecule has 0 amide bonds. The lowest BCUT2D eigenvalue weighted by Crippen LogP contribution is -2.12. The van der Waals surface area contributed by atoms with Crippen molar-refractivity contribution in [3.63, 3.8) is 0 Å². The first-order valence-electron chi connectivity index (χ1n) is 5.19. The monoisotopic (exact) mass is 240 g/mol. The van der Waals surface area contributed by atoms with Gasteiger partial charge in [-0.05, 0) is 12.1 Å². The second kappa shape index (κ2) is 7.59. The van der Waals surface area contributed by atoms with Crippen molar-refractivity contribution < 1.29 is 19.0 Å². The standard InChI is InChI=1S/C11H16N2O4/c1-15-4-5-16-6-7-17-11(14)9-2-3-10(12)13-8-9/h2-3,8H,4-7H2,1H3,(H2,12,13). The highest BCUT2D eigenvalue weighted by Crippen LogP contribution is 2.02. The van der Waals surface area contributed by atoms with Crippen molar-refractivity contribution in [2.45, 2.75) is 0 Å². The Labute approximate surface area is 99.7 Å². The van der Waals surface area contributed by atoms with E-state index in [1.165, 1.54) is 6.20 Å². The molecule has 94 valence electrons. The van der Waals surface area contributed by atoms with Crippen LogP contribution in [0.1, 0.15) is 10.4 Å². The van der Waals surface area contributed by atoms with Crippen LogP contribution in [0.2, 0.25) is 0 Å². The van der Waals surface area contributed by atoms with E-state index < -0.39 is 5.97 Å². The number of nitrogens with two attached hydrogens (primary N) is 1. The molecule has 0 radical (unpaired) electrons.